The first kappa shape index (κ1) is 20.3. The molecule has 2 aliphatic heterocycles. The smallest absolute Gasteiger partial charge is 0.123 e. The summed E-state index contributed by atoms with van der Waals surface area (Å²) in [4.78, 5) is 4.93. The summed E-state index contributed by atoms with van der Waals surface area (Å²) in [5.74, 6) is -0.167. The van der Waals surface area contributed by atoms with Crippen molar-refractivity contribution in [3.05, 3.63) is 71.7 Å². The van der Waals surface area contributed by atoms with E-state index in [0.29, 0.717) is 0 Å². The van der Waals surface area contributed by atoms with Crippen molar-refractivity contribution in [2.24, 2.45) is 0 Å². The highest BCUT2D eigenvalue weighted by Gasteiger charge is 2.22. The molecule has 1 aromatic heterocycles. The lowest BCUT2D eigenvalue weighted by Gasteiger charge is -2.36. The molecule has 2 aromatic carbocycles. The number of aryl methyl sites for hydroxylation is 1. The molecule has 1 fully saturated rings. The molecule has 0 radical (unpaired) electrons. The van der Waals surface area contributed by atoms with Crippen LogP contribution in [0.15, 0.2) is 54.6 Å². The van der Waals surface area contributed by atoms with Gasteiger partial charge in [-0.1, -0.05) is 30.3 Å². The highest BCUT2D eigenvalue weighted by Crippen LogP contribution is 2.30. The van der Waals surface area contributed by atoms with Crippen LogP contribution in [0.4, 0.5) is 10.1 Å². The summed E-state index contributed by atoms with van der Waals surface area (Å²) in [7, 11) is 0. The maximum Gasteiger partial charge on any atom is 0.123 e. The van der Waals surface area contributed by atoms with Crippen molar-refractivity contribution in [3.63, 3.8) is 0 Å². The Kier molecular flexibility index (Phi) is 6.03. The fourth-order valence-corrected chi connectivity index (χ4v) is 5.00. The molecule has 5 heteroatoms. The van der Waals surface area contributed by atoms with Crippen LogP contribution in [0.2, 0.25) is 0 Å². The van der Waals surface area contributed by atoms with Gasteiger partial charge in [0.05, 0.1) is 5.69 Å². The van der Waals surface area contributed by atoms with E-state index in [1.807, 2.05) is 12.1 Å². The molecule has 4 nitrogen and oxygen atoms in total. The number of hydrogen-bond donors (Lipinski definition) is 0. The van der Waals surface area contributed by atoms with E-state index >= 15 is 0 Å². The summed E-state index contributed by atoms with van der Waals surface area (Å²) in [6, 6.07) is 17.6. The van der Waals surface area contributed by atoms with Gasteiger partial charge in [-0.05, 0) is 62.9 Å². The lowest BCUT2D eigenvalue weighted by molar-refractivity contribution is 0.255. The Bertz CT molecular complexity index is 988. The van der Waals surface area contributed by atoms with E-state index in [1.165, 1.54) is 35.4 Å². The average Bonchev–Trinajstić information content (AvgIpc) is 3.19. The topological polar surface area (TPSA) is 24.3 Å². The number of benzene rings is 2. The van der Waals surface area contributed by atoms with Crippen LogP contribution in [-0.4, -0.2) is 47.4 Å². The van der Waals surface area contributed by atoms with Crippen LogP contribution in [0.1, 0.15) is 30.5 Å². The number of fused-ring (bicyclic) bond motifs is 1. The Balaban J connectivity index is 1.20. The van der Waals surface area contributed by atoms with Gasteiger partial charge in [0.1, 0.15) is 5.82 Å². The second-order valence-electron chi connectivity index (χ2n) is 8.73. The van der Waals surface area contributed by atoms with Crippen molar-refractivity contribution in [1.29, 1.82) is 0 Å². The molecule has 0 aliphatic carbocycles. The van der Waals surface area contributed by atoms with Crippen molar-refractivity contribution < 1.29 is 4.39 Å². The summed E-state index contributed by atoms with van der Waals surface area (Å²) in [6.07, 6.45) is 5.93. The second kappa shape index (κ2) is 9.23. The summed E-state index contributed by atoms with van der Waals surface area (Å²) in [5.41, 5.74) is 6.49. The van der Waals surface area contributed by atoms with Gasteiger partial charge < -0.3 is 4.90 Å². The zero-order chi connectivity index (χ0) is 21.0. The number of halogens is 1. The maximum atomic E-state index is 13.2. The maximum absolute atomic E-state index is 13.2. The molecule has 5 rings (SSSR count). The zero-order valence-corrected chi connectivity index (χ0v) is 18.1. The molecule has 162 valence electrons. The fraction of sp³-hybridized carbons (Fsp3) is 0.423. The molecular weight excluding hydrogens is 387 g/mol. The van der Waals surface area contributed by atoms with Crippen molar-refractivity contribution in [3.8, 4) is 11.3 Å². The van der Waals surface area contributed by atoms with Gasteiger partial charge in [0, 0.05) is 55.2 Å². The lowest BCUT2D eigenvalue weighted by Crippen LogP contribution is -2.46. The van der Waals surface area contributed by atoms with Gasteiger partial charge in [-0.25, -0.2) is 4.39 Å². The first-order valence-corrected chi connectivity index (χ1v) is 11.6. The monoisotopic (exact) mass is 418 g/mol. The minimum absolute atomic E-state index is 0.167. The number of piperazine rings is 1. The Morgan fingerprint density at radius 1 is 0.839 bits per heavy atom. The van der Waals surface area contributed by atoms with E-state index in [0.717, 1.165) is 64.2 Å². The summed E-state index contributed by atoms with van der Waals surface area (Å²) in [5, 5.41) is 5.01. The molecule has 0 spiro atoms. The molecule has 0 N–H and O–H groups in total. The van der Waals surface area contributed by atoms with Gasteiger partial charge in [-0.2, -0.15) is 5.10 Å². The fourth-order valence-electron chi connectivity index (χ4n) is 5.00. The summed E-state index contributed by atoms with van der Waals surface area (Å²) in [6.45, 7) is 6.31. The highest BCUT2D eigenvalue weighted by atomic mass is 19.1. The predicted octanol–water partition coefficient (Wildman–Crippen LogP) is 4.78. The van der Waals surface area contributed by atoms with Crippen molar-refractivity contribution in [2.45, 2.75) is 38.6 Å². The van der Waals surface area contributed by atoms with Gasteiger partial charge in [-0.15, -0.1) is 0 Å². The minimum Gasteiger partial charge on any atom is -0.369 e. The van der Waals surface area contributed by atoms with E-state index < -0.39 is 0 Å². The second-order valence-corrected chi connectivity index (χ2v) is 8.73. The first-order valence-electron chi connectivity index (χ1n) is 11.6. The average molecular weight is 419 g/mol. The Morgan fingerprint density at radius 2 is 1.61 bits per heavy atom. The van der Waals surface area contributed by atoms with Crippen LogP contribution in [0, 0.1) is 5.82 Å². The van der Waals surface area contributed by atoms with Crippen LogP contribution in [0.25, 0.3) is 11.3 Å². The molecule has 2 aliphatic rings. The molecule has 3 heterocycles. The largest absolute Gasteiger partial charge is 0.369 e. The van der Waals surface area contributed by atoms with E-state index in [2.05, 4.69) is 44.8 Å². The van der Waals surface area contributed by atoms with Gasteiger partial charge in [-0.3, -0.25) is 9.58 Å². The van der Waals surface area contributed by atoms with Gasteiger partial charge in [0.15, 0.2) is 0 Å². The molecule has 0 saturated carbocycles. The van der Waals surface area contributed by atoms with E-state index in [1.54, 1.807) is 12.1 Å². The molecule has 1 saturated heterocycles. The highest BCUT2D eigenvalue weighted by molar-refractivity contribution is 5.64. The van der Waals surface area contributed by atoms with Crippen LogP contribution in [0.3, 0.4) is 0 Å². The number of aromatic nitrogens is 2. The molecule has 0 unspecified atom stereocenters. The van der Waals surface area contributed by atoms with E-state index in [4.69, 9.17) is 5.10 Å². The van der Waals surface area contributed by atoms with E-state index in [9.17, 15) is 4.39 Å². The normalized spacial score (nSPS) is 17.0. The summed E-state index contributed by atoms with van der Waals surface area (Å²) < 4.78 is 15.4. The summed E-state index contributed by atoms with van der Waals surface area (Å²) >= 11 is 0. The van der Waals surface area contributed by atoms with E-state index in [-0.39, 0.29) is 5.82 Å². The molecule has 0 bridgehead atoms. The molecule has 3 aromatic rings. The van der Waals surface area contributed by atoms with Gasteiger partial charge in [0.2, 0.25) is 0 Å². The number of rotatable bonds is 6. The predicted molar refractivity (Wildman–Crippen MR) is 124 cm³/mol. The van der Waals surface area contributed by atoms with Crippen LogP contribution in [0.5, 0.6) is 0 Å². The SMILES string of the molecule is Fc1ccc(N2CCN(CCCc3c(-c4ccccc4)nn4c3CCCC4)CC2)cc1. The number of nitrogens with zero attached hydrogens (tertiary/aromatic N) is 4. The van der Waals surface area contributed by atoms with Gasteiger partial charge in [0.25, 0.3) is 0 Å². The van der Waals surface area contributed by atoms with Crippen LogP contribution >= 0.6 is 0 Å². The van der Waals surface area contributed by atoms with Crippen LogP contribution in [-0.2, 0) is 19.4 Å². The number of hydrogen-bond acceptors (Lipinski definition) is 3. The van der Waals surface area contributed by atoms with Crippen molar-refractivity contribution in [2.75, 3.05) is 37.6 Å². The minimum atomic E-state index is -0.167. The number of anilines is 1. The Morgan fingerprint density at radius 3 is 2.39 bits per heavy atom. The lowest BCUT2D eigenvalue weighted by atomic mass is 9.98. The van der Waals surface area contributed by atoms with Crippen molar-refractivity contribution in [1.82, 2.24) is 14.7 Å². The third-order valence-electron chi connectivity index (χ3n) is 6.71. The molecule has 0 amide bonds. The molecule has 0 atom stereocenters. The van der Waals surface area contributed by atoms with Crippen LogP contribution < -0.4 is 4.90 Å². The third kappa shape index (κ3) is 4.52. The third-order valence-corrected chi connectivity index (χ3v) is 6.71. The Labute approximate surface area is 184 Å². The first-order chi connectivity index (χ1) is 15.3. The molecular formula is C26H31FN4. The Hall–Kier alpha value is -2.66. The van der Waals surface area contributed by atoms with Gasteiger partial charge >= 0.3 is 0 Å². The van der Waals surface area contributed by atoms with Crippen molar-refractivity contribution >= 4 is 5.69 Å². The molecule has 31 heavy (non-hydrogen) atoms. The standard InChI is InChI=1S/C26H31FN4/c27-22-11-13-23(14-12-22)30-19-17-29(18-20-30)15-6-9-24-25-10-4-5-16-31(25)28-26(24)21-7-2-1-3-8-21/h1-3,7-8,11-14H,4-6,9-10,15-20H2. The quantitative estimate of drug-likeness (QED) is 0.576. The zero-order valence-electron chi connectivity index (χ0n) is 18.1.